The molecular formula is C22H30N6O7. The van der Waals surface area contributed by atoms with E-state index in [4.69, 9.17) is 17.2 Å². The number of primary amides is 2. The van der Waals surface area contributed by atoms with Gasteiger partial charge in [-0.1, -0.05) is 30.3 Å². The number of rotatable bonds is 12. The summed E-state index contributed by atoms with van der Waals surface area (Å²) in [6.45, 7) is 0.193. The van der Waals surface area contributed by atoms with Gasteiger partial charge in [-0.15, -0.1) is 0 Å². The summed E-state index contributed by atoms with van der Waals surface area (Å²) in [5, 5.41) is 14.1. The third-order valence-electron chi connectivity index (χ3n) is 5.51. The topological polar surface area (TPSA) is 228 Å². The highest BCUT2D eigenvalue weighted by molar-refractivity contribution is 5.96. The summed E-state index contributed by atoms with van der Waals surface area (Å²) >= 11 is 0. The van der Waals surface area contributed by atoms with E-state index in [9.17, 15) is 33.9 Å². The van der Waals surface area contributed by atoms with Gasteiger partial charge < -0.3 is 37.8 Å². The zero-order valence-electron chi connectivity index (χ0n) is 19.0. The summed E-state index contributed by atoms with van der Waals surface area (Å²) in [5.74, 6) is -5.21. The molecule has 4 atom stereocenters. The highest BCUT2D eigenvalue weighted by Crippen LogP contribution is 2.20. The lowest BCUT2D eigenvalue weighted by molar-refractivity contribution is -0.145. The van der Waals surface area contributed by atoms with Gasteiger partial charge in [0.15, 0.2) is 0 Å². The number of likely N-dealkylation sites (tertiary alicyclic amines) is 1. The zero-order valence-corrected chi connectivity index (χ0v) is 19.0. The number of benzene rings is 1. The number of nitrogens with one attached hydrogen (secondary N) is 2. The summed E-state index contributed by atoms with van der Waals surface area (Å²) in [4.78, 5) is 73.7. The molecule has 0 radical (unpaired) electrons. The summed E-state index contributed by atoms with van der Waals surface area (Å²) in [7, 11) is 0. The number of hydrogen-bond acceptors (Lipinski definition) is 7. The van der Waals surface area contributed by atoms with E-state index in [0.717, 1.165) is 5.56 Å². The summed E-state index contributed by atoms with van der Waals surface area (Å²) < 4.78 is 0. The molecule has 1 aliphatic heterocycles. The Hall–Kier alpha value is -4.00. The van der Waals surface area contributed by atoms with E-state index >= 15 is 0 Å². The third kappa shape index (κ3) is 8.07. The Bertz CT molecular complexity index is 970. The number of hydrogen-bond donors (Lipinski definition) is 6. The minimum Gasteiger partial charge on any atom is -0.480 e. The SMILES string of the molecule is NC(=O)CC(N)C(=O)NC(Cc1ccccc1)C(=O)N1CCCC1C(=O)NC(CC(N)=O)C(=O)O. The molecule has 0 bridgehead atoms. The second-order valence-electron chi connectivity index (χ2n) is 8.29. The first-order valence-electron chi connectivity index (χ1n) is 11.0. The molecule has 13 nitrogen and oxygen atoms in total. The first kappa shape index (κ1) is 27.2. The summed E-state index contributed by atoms with van der Waals surface area (Å²) in [6.07, 6.45) is -0.216. The van der Waals surface area contributed by atoms with Gasteiger partial charge in [-0.3, -0.25) is 24.0 Å². The molecular weight excluding hydrogens is 460 g/mol. The predicted octanol–water partition coefficient (Wildman–Crippen LogP) is -2.65. The molecule has 0 spiro atoms. The maximum absolute atomic E-state index is 13.5. The van der Waals surface area contributed by atoms with Crippen molar-refractivity contribution in [3.8, 4) is 0 Å². The Morgan fingerprint density at radius 2 is 1.60 bits per heavy atom. The van der Waals surface area contributed by atoms with E-state index in [1.807, 2.05) is 0 Å². The second kappa shape index (κ2) is 12.5. The molecule has 4 unspecified atom stereocenters. The quantitative estimate of drug-likeness (QED) is 0.181. The van der Waals surface area contributed by atoms with Crippen LogP contribution in [0.25, 0.3) is 0 Å². The molecule has 0 saturated carbocycles. The van der Waals surface area contributed by atoms with Crippen molar-refractivity contribution in [1.82, 2.24) is 15.5 Å². The van der Waals surface area contributed by atoms with Crippen LogP contribution in [0.15, 0.2) is 30.3 Å². The van der Waals surface area contributed by atoms with Gasteiger partial charge in [0.25, 0.3) is 0 Å². The molecule has 35 heavy (non-hydrogen) atoms. The molecule has 0 aliphatic carbocycles. The average molecular weight is 491 g/mol. The van der Waals surface area contributed by atoms with Gasteiger partial charge in [0.1, 0.15) is 18.1 Å². The molecule has 0 aromatic heterocycles. The van der Waals surface area contributed by atoms with E-state index in [2.05, 4.69) is 10.6 Å². The number of amides is 5. The highest BCUT2D eigenvalue weighted by Gasteiger charge is 2.39. The maximum atomic E-state index is 13.5. The molecule has 2 rings (SSSR count). The molecule has 1 heterocycles. The molecule has 1 fully saturated rings. The molecule has 1 aliphatic rings. The van der Waals surface area contributed by atoms with E-state index in [-0.39, 0.29) is 19.4 Å². The van der Waals surface area contributed by atoms with Crippen molar-refractivity contribution in [2.24, 2.45) is 17.2 Å². The summed E-state index contributed by atoms with van der Waals surface area (Å²) in [5.41, 5.74) is 16.6. The van der Waals surface area contributed by atoms with Gasteiger partial charge in [0, 0.05) is 13.0 Å². The normalized spacial score (nSPS) is 17.6. The lowest BCUT2D eigenvalue weighted by Gasteiger charge is -2.30. The lowest BCUT2D eigenvalue weighted by atomic mass is 10.0. The standard InChI is InChI=1S/C22H30N6O7/c23-13(10-17(24)29)19(31)26-14(9-12-5-2-1-3-6-12)21(33)28-8-4-7-16(28)20(32)27-15(22(34)35)11-18(25)30/h1-3,5-6,13-16H,4,7-11,23H2,(H2,24,29)(H2,25,30)(H,26,31)(H,27,32)(H,34,35). The van der Waals surface area contributed by atoms with Crippen LogP contribution in [0, 0.1) is 0 Å². The molecule has 1 aromatic carbocycles. The fourth-order valence-corrected chi connectivity index (χ4v) is 3.81. The van der Waals surface area contributed by atoms with Gasteiger partial charge in [-0.05, 0) is 18.4 Å². The number of carboxylic acid groups (broad SMARTS) is 1. The molecule has 1 saturated heterocycles. The number of nitrogens with two attached hydrogens (primary N) is 3. The fourth-order valence-electron chi connectivity index (χ4n) is 3.81. The van der Waals surface area contributed by atoms with Crippen molar-refractivity contribution in [2.45, 2.75) is 56.3 Å². The summed E-state index contributed by atoms with van der Waals surface area (Å²) in [6, 6.07) is 3.89. The molecule has 190 valence electrons. The van der Waals surface area contributed by atoms with Gasteiger partial charge in [-0.25, -0.2) is 4.79 Å². The van der Waals surface area contributed by atoms with Gasteiger partial charge in [0.2, 0.25) is 29.5 Å². The smallest absolute Gasteiger partial charge is 0.326 e. The predicted molar refractivity (Wildman–Crippen MR) is 122 cm³/mol. The lowest BCUT2D eigenvalue weighted by Crippen LogP contribution is -2.57. The molecule has 5 amide bonds. The van der Waals surface area contributed by atoms with Crippen LogP contribution in [-0.2, 0) is 35.2 Å². The van der Waals surface area contributed by atoms with E-state index in [0.29, 0.717) is 6.42 Å². The monoisotopic (exact) mass is 490 g/mol. The number of carbonyl (C=O) groups is 6. The fraction of sp³-hybridized carbons (Fsp3) is 0.455. The van der Waals surface area contributed by atoms with Crippen LogP contribution < -0.4 is 27.8 Å². The van der Waals surface area contributed by atoms with Crippen LogP contribution in [0.4, 0.5) is 0 Å². The zero-order chi connectivity index (χ0) is 26.1. The third-order valence-corrected chi connectivity index (χ3v) is 5.51. The minimum atomic E-state index is -1.54. The minimum absolute atomic E-state index is 0.0823. The van der Waals surface area contributed by atoms with E-state index in [1.165, 1.54) is 4.90 Å². The van der Waals surface area contributed by atoms with Crippen LogP contribution in [0.5, 0.6) is 0 Å². The van der Waals surface area contributed by atoms with Crippen molar-refractivity contribution >= 4 is 35.5 Å². The van der Waals surface area contributed by atoms with Crippen molar-refractivity contribution in [1.29, 1.82) is 0 Å². The Balaban J connectivity index is 2.21. The maximum Gasteiger partial charge on any atom is 0.326 e. The first-order valence-corrected chi connectivity index (χ1v) is 11.0. The van der Waals surface area contributed by atoms with Crippen molar-refractivity contribution < 1.29 is 33.9 Å². The Kier molecular flexibility index (Phi) is 9.70. The molecule has 1 aromatic rings. The number of aliphatic carboxylic acids is 1. The molecule has 13 heteroatoms. The Morgan fingerprint density at radius 1 is 0.971 bits per heavy atom. The van der Waals surface area contributed by atoms with Crippen LogP contribution in [0.2, 0.25) is 0 Å². The highest BCUT2D eigenvalue weighted by atomic mass is 16.4. The van der Waals surface area contributed by atoms with Crippen LogP contribution in [0.3, 0.4) is 0 Å². The van der Waals surface area contributed by atoms with Crippen LogP contribution in [-0.4, -0.2) is 76.2 Å². The van der Waals surface area contributed by atoms with Gasteiger partial charge >= 0.3 is 5.97 Å². The second-order valence-corrected chi connectivity index (χ2v) is 8.29. The molecule has 9 N–H and O–H groups in total. The van der Waals surface area contributed by atoms with Crippen LogP contribution >= 0.6 is 0 Å². The number of carbonyl (C=O) groups excluding carboxylic acids is 5. The van der Waals surface area contributed by atoms with Crippen molar-refractivity contribution in [3.63, 3.8) is 0 Å². The largest absolute Gasteiger partial charge is 0.480 e. The van der Waals surface area contributed by atoms with Gasteiger partial charge in [0.05, 0.1) is 18.9 Å². The van der Waals surface area contributed by atoms with E-state index in [1.54, 1.807) is 30.3 Å². The van der Waals surface area contributed by atoms with Crippen LogP contribution in [0.1, 0.15) is 31.2 Å². The average Bonchev–Trinajstić information content (AvgIpc) is 3.27. The van der Waals surface area contributed by atoms with Gasteiger partial charge in [-0.2, -0.15) is 0 Å². The number of nitrogens with zero attached hydrogens (tertiary/aromatic N) is 1. The first-order chi connectivity index (χ1) is 16.5. The Labute approximate surface area is 201 Å². The number of carboxylic acids is 1. The Morgan fingerprint density at radius 3 is 2.17 bits per heavy atom. The van der Waals surface area contributed by atoms with Crippen molar-refractivity contribution in [3.05, 3.63) is 35.9 Å². The van der Waals surface area contributed by atoms with Crippen molar-refractivity contribution in [2.75, 3.05) is 6.54 Å². The van der Waals surface area contributed by atoms with E-state index < -0.39 is 72.5 Å².